The first-order valence-corrected chi connectivity index (χ1v) is 6.65. The Morgan fingerprint density at radius 1 is 1.53 bits per heavy atom. The summed E-state index contributed by atoms with van der Waals surface area (Å²) in [6.45, 7) is 5.57. The molecule has 0 aliphatic heterocycles. The number of aromatic nitrogens is 1. The van der Waals surface area contributed by atoms with E-state index in [1.807, 2.05) is 26.2 Å². The number of nitrogens with one attached hydrogen (secondary N) is 1. The van der Waals surface area contributed by atoms with Gasteiger partial charge >= 0.3 is 0 Å². The molecule has 2 unspecified atom stereocenters. The Bertz CT molecular complexity index is 341. The minimum absolute atomic E-state index is 0.197. The Kier molecular flexibility index (Phi) is 4.91. The fourth-order valence-corrected chi connectivity index (χ4v) is 1.60. The van der Waals surface area contributed by atoms with Gasteiger partial charge < -0.3 is 5.32 Å². The SMILES string of the molecule is Cc1cncc(CNCC(C)S(C)=O)c1. The molecule has 0 bridgehead atoms. The van der Waals surface area contributed by atoms with Crippen molar-refractivity contribution in [3.63, 3.8) is 0 Å². The summed E-state index contributed by atoms with van der Waals surface area (Å²) in [5.74, 6) is 0. The third kappa shape index (κ3) is 4.53. The van der Waals surface area contributed by atoms with Crippen LogP contribution in [0.15, 0.2) is 18.5 Å². The summed E-state index contributed by atoms with van der Waals surface area (Å²) in [5.41, 5.74) is 2.34. The van der Waals surface area contributed by atoms with E-state index in [0.29, 0.717) is 0 Å². The van der Waals surface area contributed by atoms with Crippen molar-refractivity contribution >= 4 is 10.8 Å². The van der Waals surface area contributed by atoms with Crippen molar-refractivity contribution in [2.45, 2.75) is 25.6 Å². The molecule has 1 rings (SSSR count). The fourth-order valence-electron chi connectivity index (χ4n) is 1.25. The molecular weight excluding hydrogens is 208 g/mol. The minimum Gasteiger partial charge on any atom is -0.311 e. The number of aryl methyl sites for hydroxylation is 1. The van der Waals surface area contributed by atoms with E-state index in [9.17, 15) is 4.21 Å². The molecule has 1 aromatic heterocycles. The Hall–Kier alpha value is -0.740. The first-order valence-electron chi connectivity index (χ1n) is 5.03. The molecule has 1 heterocycles. The van der Waals surface area contributed by atoms with Crippen LogP contribution in [0.5, 0.6) is 0 Å². The summed E-state index contributed by atoms with van der Waals surface area (Å²) >= 11 is 0. The van der Waals surface area contributed by atoms with Crippen LogP contribution in [0, 0.1) is 6.92 Å². The van der Waals surface area contributed by atoms with Gasteiger partial charge in [-0.1, -0.05) is 6.07 Å². The third-order valence-electron chi connectivity index (χ3n) is 2.26. The van der Waals surface area contributed by atoms with Gasteiger partial charge in [-0.15, -0.1) is 0 Å². The first kappa shape index (κ1) is 12.3. The summed E-state index contributed by atoms with van der Waals surface area (Å²) in [6.07, 6.45) is 5.43. The van der Waals surface area contributed by atoms with Gasteiger partial charge in [0, 0.05) is 47.8 Å². The Balaban J connectivity index is 2.35. The Morgan fingerprint density at radius 2 is 2.27 bits per heavy atom. The van der Waals surface area contributed by atoms with Crippen LogP contribution in [0.1, 0.15) is 18.1 Å². The van der Waals surface area contributed by atoms with E-state index in [-0.39, 0.29) is 5.25 Å². The molecule has 1 aromatic rings. The summed E-state index contributed by atoms with van der Waals surface area (Å²) < 4.78 is 11.1. The van der Waals surface area contributed by atoms with Crippen molar-refractivity contribution in [2.75, 3.05) is 12.8 Å². The second kappa shape index (κ2) is 5.98. The average Bonchev–Trinajstić information content (AvgIpc) is 2.17. The lowest BCUT2D eigenvalue weighted by Gasteiger charge is -2.09. The largest absolute Gasteiger partial charge is 0.311 e. The van der Waals surface area contributed by atoms with Crippen molar-refractivity contribution < 1.29 is 4.21 Å². The van der Waals surface area contributed by atoms with Gasteiger partial charge in [0.1, 0.15) is 0 Å². The monoisotopic (exact) mass is 226 g/mol. The van der Waals surface area contributed by atoms with Gasteiger partial charge in [-0.2, -0.15) is 0 Å². The summed E-state index contributed by atoms with van der Waals surface area (Å²) in [4.78, 5) is 4.12. The van der Waals surface area contributed by atoms with E-state index in [2.05, 4.69) is 16.4 Å². The van der Waals surface area contributed by atoms with Crippen molar-refractivity contribution in [2.24, 2.45) is 0 Å². The second-order valence-electron chi connectivity index (χ2n) is 3.81. The number of nitrogens with zero attached hydrogens (tertiary/aromatic N) is 1. The maximum atomic E-state index is 11.1. The molecule has 0 fully saturated rings. The minimum atomic E-state index is -0.751. The molecule has 1 N–H and O–H groups in total. The quantitative estimate of drug-likeness (QED) is 0.821. The van der Waals surface area contributed by atoms with Crippen LogP contribution < -0.4 is 5.32 Å². The zero-order valence-corrected chi connectivity index (χ0v) is 10.3. The van der Waals surface area contributed by atoms with Crippen molar-refractivity contribution in [1.82, 2.24) is 10.3 Å². The summed E-state index contributed by atoms with van der Waals surface area (Å²) in [5, 5.41) is 3.47. The molecule has 0 saturated carbocycles. The second-order valence-corrected chi connectivity index (χ2v) is 5.61. The fraction of sp³-hybridized carbons (Fsp3) is 0.545. The van der Waals surface area contributed by atoms with E-state index in [4.69, 9.17) is 0 Å². The predicted molar refractivity (Wildman–Crippen MR) is 64.2 cm³/mol. The lowest BCUT2D eigenvalue weighted by atomic mass is 10.2. The Morgan fingerprint density at radius 3 is 2.87 bits per heavy atom. The molecule has 0 spiro atoms. The molecule has 0 aromatic carbocycles. The van der Waals surface area contributed by atoms with Gasteiger partial charge in [0.25, 0.3) is 0 Å². The highest BCUT2D eigenvalue weighted by molar-refractivity contribution is 7.84. The maximum absolute atomic E-state index is 11.1. The molecule has 0 aliphatic carbocycles. The van der Waals surface area contributed by atoms with E-state index in [0.717, 1.165) is 13.1 Å². The van der Waals surface area contributed by atoms with Gasteiger partial charge in [0.05, 0.1) is 0 Å². The molecule has 4 heteroatoms. The lowest BCUT2D eigenvalue weighted by Crippen LogP contribution is -2.27. The molecule has 0 radical (unpaired) electrons. The van der Waals surface area contributed by atoms with E-state index in [1.165, 1.54) is 11.1 Å². The molecule has 3 nitrogen and oxygen atoms in total. The molecule has 2 atom stereocenters. The number of pyridine rings is 1. The zero-order valence-electron chi connectivity index (χ0n) is 9.49. The molecule has 84 valence electrons. The molecule has 0 amide bonds. The van der Waals surface area contributed by atoms with Crippen LogP contribution in [0.25, 0.3) is 0 Å². The Labute approximate surface area is 93.8 Å². The van der Waals surface area contributed by atoms with Crippen LogP contribution in [0.3, 0.4) is 0 Å². The highest BCUT2D eigenvalue weighted by Gasteiger charge is 2.04. The number of hydrogen-bond acceptors (Lipinski definition) is 3. The molecule has 0 aliphatic rings. The van der Waals surface area contributed by atoms with Crippen LogP contribution in [0.2, 0.25) is 0 Å². The standard InChI is InChI=1S/C11H18N2OS/c1-9-4-11(7-12-5-9)8-13-6-10(2)15(3)14/h4-5,7,10,13H,6,8H2,1-3H3. The van der Waals surface area contributed by atoms with Crippen LogP contribution in [-0.2, 0) is 17.3 Å². The van der Waals surface area contributed by atoms with E-state index < -0.39 is 10.8 Å². The first-order chi connectivity index (χ1) is 7.09. The number of hydrogen-bond donors (Lipinski definition) is 1. The third-order valence-corrected chi connectivity index (χ3v) is 3.56. The molecule has 0 saturated heterocycles. The average molecular weight is 226 g/mol. The normalized spacial score (nSPS) is 14.9. The van der Waals surface area contributed by atoms with Gasteiger partial charge in [0.15, 0.2) is 0 Å². The summed E-state index contributed by atoms with van der Waals surface area (Å²) in [6, 6.07) is 2.10. The summed E-state index contributed by atoms with van der Waals surface area (Å²) in [7, 11) is -0.751. The van der Waals surface area contributed by atoms with Crippen molar-refractivity contribution in [3.8, 4) is 0 Å². The van der Waals surface area contributed by atoms with Crippen molar-refractivity contribution in [1.29, 1.82) is 0 Å². The van der Waals surface area contributed by atoms with E-state index in [1.54, 1.807) is 6.26 Å². The lowest BCUT2D eigenvalue weighted by molar-refractivity contribution is 0.646. The van der Waals surface area contributed by atoms with Crippen molar-refractivity contribution in [3.05, 3.63) is 29.6 Å². The molecular formula is C11H18N2OS. The van der Waals surface area contributed by atoms with E-state index >= 15 is 0 Å². The van der Waals surface area contributed by atoms with Gasteiger partial charge in [-0.3, -0.25) is 9.19 Å². The smallest absolute Gasteiger partial charge is 0.0441 e. The highest BCUT2D eigenvalue weighted by Crippen LogP contribution is 2.00. The van der Waals surface area contributed by atoms with Gasteiger partial charge in [0.2, 0.25) is 0 Å². The van der Waals surface area contributed by atoms with Crippen LogP contribution >= 0.6 is 0 Å². The highest BCUT2D eigenvalue weighted by atomic mass is 32.2. The van der Waals surface area contributed by atoms with Gasteiger partial charge in [-0.25, -0.2) is 0 Å². The predicted octanol–water partition coefficient (Wildman–Crippen LogP) is 1.25. The number of rotatable bonds is 5. The maximum Gasteiger partial charge on any atom is 0.0441 e. The molecule has 15 heavy (non-hydrogen) atoms. The van der Waals surface area contributed by atoms with Crippen LogP contribution in [0.4, 0.5) is 0 Å². The van der Waals surface area contributed by atoms with Gasteiger partial charge in [-0.05, 0) is 25.0 Å². The topological polar surface area (TPSA) is 42.0 Å². The zero-order chi connectivity index (χ0) is 11.3. The van der Waals surface area contributed by atoms with Crippen LogP contribution in [-0.4, -0.2) is 27.2 Å².